The average Bonchev–Trinajstić information content (AvgIpc) is 3.19. The minimum atomic E-state index is -0.0335. The molecule has 0 saturated carbocycles. The Balaban J connectivity index is 1.53. The molecule has 144 valence electrons. The molecule has 1 saturated heterocycles. The van der Waals surface area contributed by atoms with Crippen molar-refractivity contribution >= 4 is 5.91 Å². The molecular weight excluding hydrogens is 340 g/mol. The van der Waals surface area contributed by atoms with Gasteiger partial charge in [-0.3, -0.25) is 9.69 Å². The number of amides is 1. The topological polar surface area (TPSA) is 50.8 Å². The van der Waals surface area contributed by atoms with Crippen LogP contribution in [0.2, 0.25) is 0 Å². The van der Waals surface area contributed by atoms with Crippen LogP contribution in [0.15, 0.2) is 48.5 Å². The van der Waals surface area contributed by atoms with Crippen LogP contribution in [0.25, 0.3) is 0 Å². The third-order valence-corrected chi connectivity index (χ3v) is 5.11. The van der Waals surface area contributed by atoms with Gasteiger partial charge in [-0.25, -0.2) is 0 Å². The second kappa shape index (κ2) is 9.42. The number of benzene rings is 2. The number of hydrogen-bond donors (Lipinski definition) is 1. The van der Waals surface area contributed by atoms with E-state index in [1.165, 1.54) is 5.56 Å². The molecule has 5 heteroatoms. The van der Waals surface area contributed by atoms with E-state index in [1.807, 2.05) is 24.3 Å². The van der Waals surface area contributed by atoms with Gasteiger partial charge in [-0.2, -0.15) is 0 Å². The predicted octanol–water partition coefficient (Wildman–Crippen LogP) is 3.03. The van der Waals surface area contributed by atoms with Crippen LogP contribution in [-0.2, 0) is 17.8 Å². The highest BCUT2D eigenvalue weighted by atomic mass is 16.5. The number of nitrogens with one attached hydrogen (secondary N) is 1. The van der Waals surface area contributed by atoms with Crippen LogP contribution in [0.3, 0.4) is 0 Å². The number of hydrogen-bond acceptors (Lipinski definition) is 4. The quantitative estimate of drug-likeness (QED) is 0.778. The summed E-state index contributed by atoms with van der Waals surface area (Å²) in [6.07, 6.45) is 2.97. The maximum Gasteiger partial charge on any atom is 0.237 e. The van der Waals surface area contributed by atoms with E-state index >= 15 is 0 Å². The molecule has 1 atom stereocenters. The van der Waals surface area contributed by atoms with Crippen LogP contribution >= 0.6 is 0 Å². The number of ether oxygens (including phenoxy) is 2. The Morgan fingerprint density at radius 1 is 1.07 bits per heavy atom. The van der Waals surface area contributed by atoms with Gasteiger partial charge in [-0.1, -0.05) is 36.4 Å². The van der Waals surface area contributed by atoms with Crippen molar-refractivity contribution in [3.63, 3.8) is 0 Å². The zero-order valence-electron chi connectivity index (χ0n) is 16.1. The Bertz CT molecular complexity index is 748. The average molecular weight is 368 g/mol. The summed E-state index contributed by atoms with van der Waals surface area (Å²) in [5, 5.41) is 3.08. The lowest BCUT2D eigenvalue weighted by Gasteiger charge is -2.23. The summed E-state index contributed by atoms with van der Waals surface area (Å²) < 4.78 is 10.6. The van der Waals surface area contributed by atoms with Crippen molar-refractivity contribution in [1.82, 2.24) is 10.2 Å². The molecular formula is C22H28N2O3. The largest absolute Gasteiger partial charge is 0.493 e. The zero-order valence-corrected chi connectivity index (χ0v) is 16.1. The first kappa shape index (κ1) is 19.2. The molecule has 1 amide bonds. The molecule has 27 heavy (non-hydrogen) atoms. The van der Waals surface area contributed by atoms with E-state index in [1.54, 1.807) is 14.2 Å². The summed E-state index contributed by atoms with van der Waals surface area (Å²) in [6, 6.07) is 16.1. The van der Waals surface area contributed by atoms with Crippen molar-refractivity contribution in [3.8, 4) is 11.5 Å². The van der Waals surface area contributed by atoms with Crippen LogP contribution in [0.1, 0.15) is 24.0 Å². The smallest absolute Gasteiger partial charge is 0.237 e. The van der Waals surface area contributed by atoms with E-state index < -0.39 is 0 Å². The number of methoxy groups -OCH3 is 2. The fourth-order valence-electron chi connectivity index (χ4n) is 3.61. The fourth-order valence-corrected chi connectivity index (χ4v) is 3.61. The molecule has 0 aromatic heterocycles. The lowest BCUT2D eigenvalue weighted by atomic mass is 10.1. The van der Waals surface area contributed by atoms with Crippen molar-refractivity contribution in [3.05, 3.63) is 59.7 Å². The van der Waals surface area contributed by atoms with Gasteiger partial charge in [0.25, 0.3) is 0 Å². The van der Waals surface area contributed by atoms with Crippen LogP contribution in [0.4, 0.5) is 0 Å². The number of rotatable bonds is 8. The molecule has 0 radical (unpaired) electrons. The second-order valence-electron chi connectivity index (χ2n) is 6.84. The Morgan fingerprint density at radius 3 is 2.59 bits per heavy atom. The third-order valence-electron chi connectivity index (χ3n) is 5.11. The van der Waals surface area contributed by atoms with Crippen molar-refractivity contribution in [2.45, 2.75) is 31.8 Å². The lowest BCUT2D eigenvalue weighted by Crippen LogP contribution is -2.43. The van der Waals surface area contributed by atoms with Gasteiger partial charge in [0, 0.05) is 13.1 Å². The monoisotopic (exact) mass is 368 g/mol. The first-order valence-corrected chi connectivity index (χ1v) is 9.48. The molecule has 0 aliphatic carbocycles. The van der Waals surface area contributed by atoms with Crippen LogP contribution in [-0.4, -0.2) is 44.2 Å². The van der Waals surface area contributed by atoms with Gasteiger partial charge in [0.05, 0.1) is 20.3 Å². The van der Waals surface area contributed by atoms with Crippen LogP contribution in [0, 0.1) is 0 Å². The Labute approximate surface area is 161 Å². The minimum absolute atomic E-state index is 0.0335. The first-order chi connectivity index (χ1) is 13.2. The van der Waals surface area contributed by atoms with E-state index in [4.69, 9.17) is 9.47 Å². The van der Waals surface area contributed by atoms with E-state index in [2.05, 4.69) is 34.5 Å². The van der Waals surface area contributed by atoms with Gasteiger partial charge in [0.2, 0.25) is 5.91 Å². The molecule has 0 unspecified atom stereocenters. The van der Waals surface area contributed by atoms with Crippen molar-refractivity contribution in [2.75, 3.05) is 27.3 Å². The molecule has 1 fully saturated rings. The Kier molecular flexibility index (Phi) is 6.71. The second-order valence-corrected chi connectivity index (χ2v) is 6.84. The van der Waals surface area contributed by atoms with Gasteiger partial charge in [-0.15, -0.1) is 0 Å². The summed E-state index contributed by atoms with van der Waals surface area (Å²) in [7, 11) is 3.23. The summed E-state index contributed by atoms with van der Waals surface area (Å²) in [6.45, 7) is 2.39. The molecule has 2 aromatic carbocycles. The van der Waals surface area contributed by atoms with Gasteiger partial charge < -0.3 is 14.8 Å². The Hall–Kier alpha value is -2.53. The molecule has 1 aliphatic heterocycles. The number of carbonyl (C=O) groups is 1. The highest BCUT2D eigenvalue weighted by molar-refractivity contribution is 5.82. The Morgan fingerprint density at radius 2 is 1.85 bits per heavy atom. The minimum Gasteiger partial charge on any atom is -0.493 e. The van der Waals surface area contributed by atoms with Crippen LogP contribution < -0.4 is 14.8 Å². The molecule has 0 bridgehead atoms. The predicted molar refractivity (Wildman–Crippen MR) is 106 cm³/mol. The standard InChI is InChI=1S/C22H28N2O3/c1-26-20-11-10-18(15-21(20)27-2)16-23-22(25)19-9-6-13-24(19)14-12-17-7-4-3-5-8-17/h3-5,7-8,10-11,15,19H,6,9,12-14,16H2,1-2H3,(H,23,25)/t19-/m1/s1. The van der Waals surface area contributed by atoms with Crippen molar-refractivity contribution < 1.29 is 14.3 Å². The first-order valence-electron chi connectivity index (χ1n) is 9.48. The van der Waals surface area contributed by atoms with E-state index in [0.29, 0.717) is 18.0 Å². The summed E-state index contributed by atoms with van der Waals surface area (Å²) in [4.78, 5) is 15.0. The van der Waals surface area contributed by atoms with Gasteiger partial charge in [0.15, 0.2) is 11.5 Å². The molecule has 1 N–H and O–H groups in total. The number of likely N-dealkylation sites (tertiary alicyclic amines) is 1. The molecule has 5 nitrogen and oxygen atoms in total. The van der Waals surface area contributed by atoms with E-state index in [9.17, 15) is 4.79 Å². The number of carbonyl (C=O) groups excluding carboxylic acids is 1. The lowest BCUT2D eigenvalue weighted by molar-refractivity contribution is -0.125. The molecule has 1 heterocycles. The highest BCUT2D eigenvalue weighted by Crippen LogP contribution is 2.27. The zero-order chi connectivity index (χ0) is 19.1. The molecule has 1 aliphatic rings. The maximum atomic E-state index is 12.7. The fraction of sp³-hybridized carbons (Fsp3) is 0.409. The maximum absolute atomic E-state index is 12.7. The van der Waals surface area contributed by atoms with Gasteiger partial charge in [-0.05, 0) is 49.1 Å². The molecule has 2 aromatic rings. The van der Waals surface area contributed by atoms with Crippen molar-refractivity contribution in [1.29, 1.82) is 0 Å². The van der Waals surface area contributed by atoms with Gasteiger partial charge >= 0.3 is 0 Å². The molecule has 3 rings (SSSR count). The highest BCUT2D eigenvalue weighted by Gasteiger charge is 2.30. The van der Waals surface area contributed by atoms with E-state index in [0.717, 1.165) is 37.9 Å². The summed E-state index contributed by atoms with van der Waals surface area (Å²) in [5.41, 5.74) is 2.31. The summed E-state index contributed by atoms with van der Waals surface area (Å²) >= 11 is 0. The van der Waals surface area contributed by atoms with E-state index in [-0.39, 0.29) is 11.9 Å². The molecule has 0 spiro atoms. The number of nitrogens with zero attached hydrogens (tertiary/aromatic N) is 1. The third kappa shape index (κ3) is 5.01. The SMILES string of the molecule is COc1ccc(CNC(=O)[C@H]2CCCN2CCc2ccccc2)cc1OC. The van der Waals surface area contributed by atoms with Crippen molar-refractivity contribution in [2.24, 2.45) is 0 Å². The summed E-state index contributed by atoms with van der Waals surface area (Å²) in [5.74, 6) is 1.47. The van der Waals surface area contributed by atoms with Gasteiger partial charge in [0.1, 0.15) is 0 Å². The van der Waals surface area contributed by atoms with Crippen LogP contribution in [0.5, 0.6) is 11.5 Å². The normalized spacial score (nSPS) is 16.9.